The number of hydrogen-bond acceptors (Lipinski definition) is 6. The fourth-order valence-electron chi connectivity index (χ4n) is 2.00. The molecule has 0 saturated heterocycles. The molecular weight excluding hydrogens is 314 g/mol. The van der Waals surface area contributed by atoms with Crippen LogP contribution in [0.1, 0.15) is 0 Å². The van der Waals surface area contributed by atoms with Crippen molar-refractivity contribution in [3.63, 3.8) is 0 Å². The molecule has 0 radical (unpaired) electrons. The van der Waals surface area contributed by atoms with Crippen LogP contribution in [-0.4, -0.2) is 38.4 Å². The van der Waals surface area contributed by atoms with E-state index in [1.54, 1.807) is 62.8 Å². The summed E-state index contributed by atoms with van der Waals surface area (Å²) in [6, 6.07) is 13.8. The van der Waals surface area contributed by atoms with E-state index in [-0.39, 0.29) is 13.2 Å². The van der Waals surface area contributed by atoms with Crippen LogP contribution in [0.5, 0.6) is 23.0 Å². The molecule has 0 bridgehead atoms. The van der Waals surface area contributed by atoms with E-state index in [1.807, 2.05) is 0 Å². The molecule has 2 aromatic rings. The van der Waals surface area contributed by atoms with Crippen LogP contribution in [0.25, 0.3) is 0 Å². The Morgan fingerprint density at radius 3 is 1.79 bits per heavy atom. The molecule has 1 atom stereocenters. The van der Waals surface area contributed by atoms with Crippen LogP contribution in [-0.2, 0) is 0 Å². The van der Waals surface area contributed by atoms with Crippen molar-refractivity contribution < 1.29 is 23.9 Å². The molecule has 0 aromatic heterocycles. The number of methoxy groups -OCH3 is 2. The van der Waals surface area contributed by atoms with E-state index >= 15 is 0 Å². The van der Waals surface area contributed by atoms with Crippen LogP contribution in [0.4, 0.5) is 0 Å². The van der Waals surface area contributed by atoms with Crippen molar-refractivity contribution in [2.75, 3.05) is 27.4 Å². The van der Waals surface area contributed by atoms with Crippen LogP contribution in [0, 0.1) is 10.1 Å². The summed E-state index contributed by atoms with van der Waals surface area (Å²) < 4.78 is 21.4. The largest absolute Gasteiger partial charge is 0.497 e. The average Bonchev–Trinajstić information content (AvgIpc) is 2.60. The second-order valence-corrected chi connectivity index (χ2v) is 4.92. The first-order valence-electron chi connectivity index (χ1n) is 7.30. The lowest BCUT2D eigenvalue weighted by molar-refractivity contribution is -0.489. The maximum atomic E-state index is 10.8. The second-order valence-electron chi connectivity index (χ2n) is 4.92. The van der Waals surface area contributed by atoms with Crippen molar-refractivity contribution in [2.24, 2.45) is 0 Å². The number of hydrogen-bond donors (Lipinski definition) is 0. The normalized spacial score (nSPS) is 11.4. The van der Waals surface area contributed by atoms with Crippen LogP contribution in [0.3, 0.4) is 0 Å². The van der Waals surface area contributed by atoms with E-state index in [4.69, 9.17) is 18.9 Å². The van der Waals surface area contributed by atoms with E-state index < -0.39 is 11.0 Å². The fourth-order valence-corrected chi connectivity index (χ4v) is 2.00. The molecule has 1 unspecified atom stereocenters. The van der Waals surface area contributed by atoms with Crippen LogP contribution in [0.2, 0.25) is 0 Å². The molecule has 2 rings (SSSR count). The van der Waals surface area contributed by atoms with Gasteiger partial charge in [0.05, 0.1) is 14.2 Å². The average molecular weight is 333 g/mol. The third-order valence-electron chi connectivity index (χ3n) is 3.21. The van der Waals surface area contributed by atoms with Gasteiger partial charge in [0.25, 0.3) is 0 Å². The minimum atomic E-state index is -0.713. The molecule has 24 heavy (non-hydrogen) atoms. The molecule has 0 spiro atoms. The number of nitrogens with zero attached hydrogens (tertiary/aromatic N) is 1. The summed E-state index contributed by atoms with van der Waals surface area (Å²) >= 11 is 0. The Morgan fingerprint density at radius 2 is 1.33 bits per heavy atom. The monoisotopic (exact) mass is 333 g/mol. The minimum Gasteiger partial charge on any atom is -0.497 e. The van der Waals surface area contributed by atoms with Gasteiger partial charge in [-0.15, -0.1) is 0 Å². The van der Waals surface area contributed by atoms with Gasteiger partial charge in [-0.1, -0.05) is 0 Å². The lowest BCUT2D eigenvalue weighted by Gasteiger charge is -2.17. The Hall–Kier alpha value is -2.96. The topological polar surface area (TPSA) is 80.1 Å². The number of nitro groups is 1. The third-order valence-corrected chi connectivity index (χ3v) is 3.21. The highest BCUT2D eigenvalue weighted by Gasteiger charge is 2.18. The molecule has 2 aromatic carbocycles. The molecule has 0 aliphatic rings. The highest BCUT2D eigenvalue weighted by Crippen LogP contribution is 2.20. The van der Waals surface area contributed by atoms with Gasteiger partial charge >= 0.3 is 0 Å². The minimum absolute atomic E-state index is 0.0549. The van der Waals surface area contributed by atoms with Crippen molar-refractivity contribution in [3.05, 3.63) is 58.6 Å². The van der Waals surface area contributed by atoms with Gasteiger partial charge in [-0.3, -0.25) is 10.1 Å². The molecule has 0 fully saturated rings. The van der Waals surface area contributed by atoms with Crippen molar-refractivity contribution in [2.45, 2.75) is 6.10 Å². The number of benzene rings is 2. The van der Waals surface area contributed by atoms with Gasteiger partial charge in [-0.25, -0.2) is 0 Å². The summed E-state index contributed by atoms with van der Waals surface area (Å²) in [4.78, 5) is 10.4. The molecular formula is C17H19NO6. The predicted octanol–water partition coefficient (Wildman–Crippen LogP) is 2.81. The lowest BCUT2D eigenvalue weighted by atomic mass is 10.3. The molecule has 0 heterocycles. The van der Waals surface area contributed by atoms with Crippen molar-refractivity contribution in [1.29, 1.82) is 0 Å². The summed E-state index contributed by atoms with van der Waals surface area (Å²) in [5, 5.41) is 10.8. The van der Waals surface area contributed by atoms with Gasteiger partial charge in [0.1, 0.15) is 29.6 Å². The highest BCUT2D eigenvalue weighted by atomic mass is 16.6. The zero-order valence-electron chi connectivity index (χ0n) is 13.5. The summed E-state index contributed by atoms with van der Waals surface area (Å²) in [5.74, 6) is 2.49. The van der Waals surface area contributed by atoms with Crippen molar-refractivity contribution in [3.8, 4) is 23.0 Å². The Balaban J connectivity index is 1.97. The zero-order chi connectivity index (χ0) is 17.4. The Morgan fingerprint density at radius 1 is 0.875 bits per heavy atom. The van der Waals surface area contributed by atoms with Crippen molar-refractivity contribution in [1.82, 2.24) is 0 Å². The van der Waals surface area contributed by atoms with Gasteiger partial charge < -0.3 is 18.9 Å². The van der Waals surface area contributed by atoms with Gasteiger partial charge in [-0.05, 0) is 48.5 Å². The molecule has 7 nitrogen and oxygen atoms in total. The Bertz CT molecular complexity index is 641. The quantitative estimate of drug-likeness (QED) is 0.518. The van der Waals surface area contributed by atoms with Crippen molar-refractivity contribution >= 4 is 0 Å². The summed E-state index contributed by atoms with van der Waals surface area (Å²) in [7, 11) is 3.14. The third kappa shape index (κ3) is 5.35. The number of ether oxygens (including phenoxy) is 4. The van der Waals surface area contributed by atoms with E-state index in [2.05, 4.69) is 0 Å². The van der Waals surface area contributed by atoms with Gasteiger partial charge in [0.2, 0.25) is 6.54 Å². The smallest absolute Gasteiger partial charge is 0.243 e. The predicted molar refractivity (Wildman–Crippen MR) is 87.8 cm³/mol. The van der Waals surface area contributed by atoms with Gasteiger partial charge in [0.15, 0.2) is 6.10 Å². The van der Waals surface area contributed by atoms with E-state index in [0.717, 1.165) is 0 Å². The maximum Gasteiger partial charge on any atom is 0.243 e. The molecule has 0 amide bonds. The summed E-state index contributed by atoms with van der Waals surface area (Å²) in [6.45, 7) is -0.304. The van der Waals surface area contributed by atoms with Crippen LogP contribution in [0.15, 0.2) is 48.5 Å². The van der Waals surface area contributed by atoms with E-state index in [1.165, 1.54) is 0 Å². The van der Waals surface area contributed by atoms with Gasteiger partial charge in [0, 0.05) is 4.92 Å². The first-order valence-corrected chi connectivity index (χ1v) is 7.30. The second kappa shape index (κ2) is 8.61. The molecule has 0 aliphatic carbocycles. The highest BCUT2D eigenvalue weighted by molar-refractivity contribution is 5.32. The number of rotatable bonds is 9. The van der Waals surface area contributed by atoms with E-state index in [0.29, 0.717) is 23.0 Å². The van der Waals surface area contributed by atoms with Crippen LogP contribution >= 0.6 is 0 Å². The van der Waals surface area contributed by atoms with E-state index in [9.17, 15) is 10.1 Å². The SMILES string of the molecule is COc1ccc(OCC(C[N+](=O)[O-])Oc2ccc(OC)cc2)cc1. The summed E-state index contributed by atoms with van der Waals surface area (Å²) in [6.07, 6.45) is -0.713. The zero-order valence-corrected chi connectivity index (χ0v) is 13.5. The van der Waals surface area contributed by atoms with Gasteiger partial charge in [-0.2, -0.15) is 0 Å². The standard InChI is InChI=1S/C17H19NO6/c1-21-13-3-7-15(8-4-13)23-12-17(11-18(19)20)24-16-9-5-14(22-2)6-10-16/h3-10,17H,11-12H2,1-2H3. The molecule has 7 heteroatoms. The Labute approximate surface area is 139 Å². The summed E-state index contributed by atoms with van der Waals surface area (Å²) in [5.41, 5.74) is 0. The molecule has 0 N–H and O–H groups in total. The van der Waals surface area contributed by atoms with Crippen LogP contribution < -0.4 is 18.9 Å². The first-order chi connectivity index (χ1) is 11.6. The Kier molecular flexibility index (Phi) is 6.24. The fraction of sp³-hybridized carbons (Fsp3) is 0.294. The molecule has 128 valence electrons. The lowest BCUT2D eigenvalue weighted by Crippen LogP contribution is -2.32. The maximum absolute atomic E-state index is 10.8. The first kappa shape index (κ1) is 17.4. The molecule has 0 saturated carbocycles. The molecule has 0 aliphatic heterocycles.